The number of hydrogen-bond acceptors (Lipinski definition) is 6. The number of pyridine rings is 1. The first kappa shape index (κ1) is 25.0. The molecule has 2 aliphatic heterocycles. The van der Waals surface area contributed by atoms with Gasteiger partial charge in [0, 0.05) is 42.1 Å². The molecule has 1 aromatic carbocycles. The predicted octanol–water partition coefficient (Wildman–Crippen LogP) is 3.72. The number of benzene rings is 1. The molecular weight excluding hydrogens is 470 g/mol. The van der Waals surface area contributed by atoms with Gasteiger partial charge in [0.2, 0.25) is 17.7 Å². The van der Waals surface area contributed by atoms with Crippen LogP contribution in [0.1, 0.15) is 70.2 Å². The van der Waals surface area contributed by atoms with Gasteiger partial charge in [0.15, 0.2) is 5.96 Å². The topological polar surface area (TPSA) is 117 Å². The van der Waals surface area contributed by atoms with E-state index in [0.29, 0.717) is 18.7 Å². The van der Waals surface area contributed by atoms with Crippen LogP contribution in [0, 0.1) is 17.2 Å². The Labute approximate surface area is 217 Å². The zero-order chi connectivity index (χ0) is 26.5. The van der Waals surface area contributed by atoms with Crippen LogP contribution in [-0.4, -0.2) is 45.9 Å². The van der Waals surface area contributed by atoms with E-state index in [1.54, 1.807) is 19.4 Å². The maximum Gasteiger partial charge on any atom is 0.232 e. The average Bonchev–Trinajstić information content (AvgIpc) is 3.61. The highest BCUT2D eigenvalue weighted by atomic mass is 16.5. The number of nitrogens with zero attached hydrogens (tertiary/aromatic N) is 2. The number of guanidine groups is 1. The second-order valence-electron chi connectivity index (χ2n) is 11.5. The Morgan fingerprint density at radius 1 is 1.24 bits per heavy atom. The van der Waals surface area contributed by atoms with E-state index in [1.807, 2.05) is 58.0 Å². The van der Waals surface area contributed by atoms with E-state index < -0.39 is 17.2 Å². The lowest BCUT2D eigenvalue weighted by Gasteiger charge is -2.42. The molecule has 1 saturated carbocycles. The van der Waals surface area contributed by atoms with E-state index in [1.165, 1.54) is 4.90 Å². The molecule has 1 unspecified atom stereocenters. The van der Waals surface area contributed by atoms with Gasteiger partial charge >= 0.3 is 0 Å². The smallest absolute Gasteiger partial charge is 0.232 e. The Hall–Kier alpha value is -3.62. The lowest BCUT2D eigenvalue weighted by molar-refractivity contribution is -0.133. The Morgan fingerprint density at radius 3 is 2.68 bits per heavy atom. The fourth-order valence-corrected chi connectivity index (χ4v) is 5.66. The van der Waals surface area contributed by atoms with Gasteiger partial charge < -0.3 is 20.1 Å². The molecule has 9 heteroatoms. The zero-order valence-corrected chi connectivity index (χ0v) is 22.0. The molecule has 1 saturated heterocycles. The van der Waals surface area contributed by atoms with Gasteiger partial charge in [0.1, 0.15) is 11.4 Å². The van der Waals surface area contributed by atoms with Crippen molar-refractivity contribution < 1.29 is 19.1 Å². The van der Waals surface area contributed by atoms with Gasteiger partial charge in [0.25, 0.3) is 0 Å². The van der Waals surface area contributed by atoms with E-state index >= 15 is 0 Å². The minimum absolute atomic E-state index is 0.0433. The summed E-state index contributed by atoms with van der Waals surface area (Å²) in [6.07, 6.45) is 3.21. The van der Waals surface area contributed by atoms with Crippen LogP contribution < -0.4 is 20.1 Å². The van der Waals surface area contributed by atoms with E-state index in [2.05, 4.69) is 15.6 Å². The quantitative estimate of drug-likeness (QED) is 0.551. The summed E-state index contributed by atoms with van der Waals surface area (Å²) < 4.78 is 11.3. The number of para-hydroxylation sites is 1. The summed E-state index contributed by atoms with van der Waals surface area (Å²) in [7, 11) is 1.55. The van der Waals surface area contributed by atoms with Crippen LogP contribution in [0.5, 0.6) is 11.6 Å². The van der Waals surface area contributed by atoms with E-state index in [-0.39, 0.29) is 42.1 Å². The third kappa shape index (κ3) is 4.99. The Balaban J connectivity index is 1.39. The molecule has 3 heterocycles. The van der Waals surface area contributed by atoms with Crippen molar-refractivity contribution in [1.82, 2.24) is 20.5 Å². The number of amides is 2. The molecular formula is C28H35N5O4. The molecule has 0 spiro atoms. The first-order chi connectivity index (χ1) is 17.5. The van der Waals surface area contributed by atoms with Crippen LogP contribution in [0.15, 0.2) is 42.6 Å². The van der Waals surface area contributed by atoms with Gasteiger partial charge in [-0.05, 0) is 51.7 Å². The van der Waals surface area contributed by atoms with Crippen LogP contribution in [0.25, 0.3) is 0 Å². The van der Waals surface area contributed by atoms with Crippen LogP contribution >= 0.6 is 0 Å². The van der Waals surface area contributed by atoms with Gasteiger partial charge in [-0.15, -0.1) is 0 Å². The van der Waals surface area contributed by atoms with E-state index in [0.717, 1.165) is 16.9 Å². The fourth-order valence-electron chi connectivity index (χ4n) is 5.66. The standard InChI is InChI=1S/C28H35N5O4/c1-27(2)14-23(34)33(26(29)32-27)24(16-10-11-22(36-5)30-15-16)18-12-19(18)25(35)31-20-13-28(3,4)37-21-9-7-6-8-17(20)21/h6-11,15,18-20,24H,12-14H2,1-5H3,(H2,29,32)(H,31,35)/t18-,19-,20+,24?/m1/s1. The maximum absolute atomic E-state index is 13.5. The highest BCUT2D eigenvalue weighted by Gasteiger charge is 2.54. The molecule has 1 aliphatic carbocycles. The number of rotatable bonds is 6. The summed E-state index contributed by atoms with van der Waals surface area (Å²) in [5.41, 5.74) is 0.845. The first-order valence-corrected chi connectivity index (χ1v) is 12.7. The molecule has 2 amide bonds. The van der Waals surface area contributed by atoms with Crippen molar-refractivity contribution in [2.75, 3.05) is 7.11 Å². The molecule has 4 atom stereocenters. The minimum Gasteiger partial charge on any atom is -0.487 e. The summed E-state index contributed by atoms with van der Waals surface area (Å²) >= 11 is 0. The number of carbonyl (C=O) groups is 2. The third-order valence-corrected chi connectivity index (χ3v) is 7.42. The zero-order valence-electron chi connectivity index (χ0n) is 22.0. The van der Waals surface area contributed by atoms with Crippen molar-refractivity contribution in [3.05, 3.63) is 53.7 Å². The molecule has 37 heavy (non-hydrogen) atoms. The highest BCUT2D eigenvalue weighted by Crippen LogP contribution is 2.51. The van der Waals surface area contributed by atoms with E-state index in [9.17, 15) is 9.59 Å². The largest absolute Gasteiger partial charge is 0.487 e. The Kier molecular flexibility index (Phi) is 6.12. The van der Waals surface area contributed by atoms with Crippen LogP contribution in [0.4, 0.5) is 0 Å². The lowest BCUT2D eigenvalue weighted by Crippen LogP contribution is -2.60. The number of nitrogens with one attached hydrogen (secondary N) is 3. The van der Waals surface area contributed by atoms with Crippen molar-refractivity contribution in [3.8, 4) is 11.6 Å². The maximum atomic E-state index is 13.5. The fraction of sp³-hybridized carbons (Fsp3) is 0.500. The van der Waals surface area contributed by atoms with Crippen molar-refractivity contribution >= 4 is 17.8 Å². The SMILES string of the molecule is COc1ccc(C([C@@H]2C[C@H]2C(=O)N[C@H]2CC(C)(C)Oc3ccccc32)N2C(=N)NC(C)(C)CC2=O)cn1. The number of hydrogen-bond donors (Lipinski definition) is 3. The second kappa shape index (κ2) is 9.04. The Bertz CT molecular complexity index is 1210. The molecule has 2 fully saturated rings. The molecule has 9 nitrogen and oxygen atoms in total. The summed E-state index contributed by atoms with van der Waals surface area (Å²) in [5, 5.41) is 15.1. The third-order valence-electron chi connectivity index (χ3n) is 7.42. The average molecular weight is 506 g/mol. The van der Waals surface area contributed by atoms with Gasteiger partial charge in [0.05, 0.1) is 19.2 Å². The molecule has 3 aliphatic rings. The monoisotopic (exact) mass is 505 g/mol. The van der Waals surface area contributed by atoms with Gasteiger partial charge in [-0.3, -0.25) is 19.9 Å². The van der Waals surface area contributed by atoms with Gasteiger partial charge in [-0.1, -0.05) is 24.3 Å². The molecule has 1 aromatic heterocycles. The summed E-state index contributed by atoms with van der Waals surface area (Å²) in [6.45, 7) is 7.86. The van der Waals surface area contributed by atoms with Crippen LogP contribution in [0.3, 0.4) is 0 Å². The molecule has 3 N–H and O–H groups in total. The first-order valence-electron chi connectivity index (χ1n) is 12.7. The van der Waals surface area contributed by atoms with Gasteiger partial charge in [-0.25, -0.2) is 4.98 Å². The normalized spacial score (nSPS) is 26.3. The highest BCUT2D eigenvalue weighted by molar-refractivity contribution is 5.99. The van der Waals surface area contributed by atoms with Gasteiger partial charge in [-0.2, -0.15) is 0 Å². The second-order valence-corrected chi connectivity index (χ2v) is 11.5. The van der Waals surface area contributed by atoms with Crippen LogP contribution in [0.2, 0.25) is 0 Å². The summed E-state index contributed by atoms with van der Waals surface area (Å²) in [5.74, 6) is 0.714. The van der Waals surface area contributed by atoms with Crippen LogP contribution in [-0.2, 0) is 9.59 Å². The molecule has 0 radical (unpaired) electrons. The van der Waals surface area contributed by atoms with Crippen molar-refractivity contribution in [2.45, 2.75) is 70.2 Å². The number of methoxy groups -OCH3 is 1. The number of carbonyl (C=O) groups excluding carboxylic acids is 2. The van der Waals surface area contributed by atoms with Crippen molar-refractivity contribution in [1.29, 1.82) is 5.41 Å². The minimum atomic E-state index is -0.503. The predicted molar refractivity (Wildman–Crippen MR) is 138 cm³/mol. The van der Waals surface area contributed by atoms with Crippen molar-refractivity contribution in [3.63, 3.8) is 0 Å². The van der Waals surface area contributed by atoms with E-state index in [4.69, 9.17) is 14.9 Å². The Morgan fingerprint density at radius 2 is 2.00 bits per heavy atom. The summed E-state index contributed by atoms with van der Waals surface area (Å²) in [6, 6.07) is 10.8. The number of aromatic nitrogens is 1. The number of fused-ring (bicyclic) bond motifs is 1. The molecule has 0 bridgehead atoms. The molecule has 2 aromatic rings. The number of ether oxygens (including phenoxy) is 2. The lowest BCUT2D eigenvalue weighted by atomic mass is 9.89. The van der Waals surface area contributed by atoms with Crippen molar-refractivity contribution in [2.24, 2.45) is 11.8 Å². The molecule has 5 rings (SSSR count). The molecule has 196 valence electrons. The summed E-state index contributed by atoms with van der Waals surface area (Å²) in [4.78, 5) is 32.6.